The summed E-state index contributed by atoms with van der Waals surface area (Å²) in [4.78, 5) is 13.4. The number of rotatable bonds is 20. The number of fused-ring (bicyclic) bond motifs is 3. The van der Waals surface area contributed by atoms with Crippen LogP contribution in [0.4, 0.5) is 4.39 Å². The first-order chi connectivity index (χ1) is 21.0. The topological polar surface area (TPSA) is 35.5 Å². The summed E-state index contributed by atoms with van der Waals surface area (Å²) in [6, 6.07) is 12.6. The van der Waals surface area contributed by atoms with Gasteiger partial charge in [0.05, 0.1) is 12.0 Å². The number of hydrogen-bond acceptors (Lipinski definition) is 3. The van der Waals surface area contributed by atoms with Crippen molar-refractivity contribution in [2.24, 2.45) is 10.8 Å². The van der Waals surface area contributed by atoms with Crippen LogP contribution in [0, 0.1) is 16.6 Å². The minimum atomic E-state index is -0.342. The molecule has 0 unspecified atom stereocenters. The van der Waals surface area contributed by atoms with Crippen molar-refractivity contribution in [3.8, 4) is 22.6 Å². The molecule has 43 heavy (non-hydrogen) atoms. The van der Waals surface area contributed by atoms with Gasteiger partial charge in [0, 0.05) is 0 Å². The Morgan fingerprint density at radius 2 is 1.21 bits per heavy atom. The van der Waals surface area contributed by atoms with E-state index in [1.54, 1.807) is 6.07 Å². The Kier molecular flexibility index (Phi) is 13.4. The second kappa shape index (κ2) is 17.2. The molecule has 3 fully saturated rings. The second-order valence-corrected chi connectivity index (χ2v) is 13.7. The lowest BCUT2D eigenvalue weighted by Gasteiger charge is -2.52. The number of unbranched alkanes of at least 4 members (excludes halogenated alkanes) is 12. The Labute approximate surface area is 261 Å². The van der Waals surface area contributed by atoms with Crippen molar-refractivity contribution in [2.75, 3.05) is 6.61 Å². The normalized spacial score (nSPS) is 21.2. The van der Waals surface area contributed by atoms with Crippen LogP contribution < -0.4 is 9.47 Å². The smallest absolute Gasteiger partial charge is 0.317 e. The summed E-state index contributed by atoms with van der Waals surface area (Å²) in [5.41, 5.74) is 1.83. The Bertz CT molecular complexity index is 1080. The lowest BCUT2D eigenvalue weighted by Crippen LogP contribution is -2.47. The molecule has 0 aromatic heterocycles. The zero-order valence-electron chi connectivity index (χ0n) is 27.2. The van der Waals surface area contributed by atoms with Gasteiger partial charge in [-0.15, -0.1) is 0 Å². The number of ether oxygens (including phenoxy) is 2. The highest BCUT2D eigenvalue weighted by Gasteiger charge is 2.52. The van der Waals surface area contributed by atoms with Gasteiger partial charge >= 0.3 is 5.97 Å². The number of halogens is 1. The molecule has 238 valence electrons. The van der Waals surface area contributed by atoms with E-state index in [1.807, 2.05) is 30.3 Å². The fourth-order valence-corrected chi connectivity index (χ4v) is 7.37. The molecule has 3 aliphatic rings. The Morgan fingerprint density at radius 1 is 0.674 bits per heavy atom. The molecule has 2 bridgehead atoms. The number of benzene rings is 2. The maximum atomic E-state index is 14.7. The van der Waals surface area contributed by atoms with E-state index in [0.717, 1.165) is 43.2 Å². The van der Waals surface area contributed by atoms with Gasteiger partial charge < -0.3 is 9.47 Å². The van der Waals surface area contributed by atoms with Crippen LogP contribution in [0.1, 0.15) is 149 Å². The maximum Gasteiger partial charge on any atom is 0.317 e. The van der Waals surface area contributed by atoms with Gasteiger partial charge in [0.2, 0.25) is 0 Å². The predicted molar refractivity (Wildman–Crippen MR) is 176 cm³/mol. The Hall–Kier alpha value is -2.36. The monoisotopic (exact) mass is 592 g/mol. The average molecular weight is 593 g/mol. The highest BCUT2D eigenvalue weighted by molar-refractivity contribution is 5.80. The Balaban J connectivity index is 1.19. The zero-order chi connectivity index (χ0) is 30.4. The second-order valence-electron chi connectivity index (χ2n) is 13.7. The van der Waals surface area contributed by atoms with Crippen molar-refractivity contribution < 1.29 is 18.7 Å². The van der Waals surface area contributed by atoms with Gasteiger partial charge in [0.15, 0.2) is 11.6 Å². The van der Waals surface area contributed by atoms with Crippen molar-refractivity contribution >= 4 is 5.97 Å². The summed E-state index contributed by atoms with van der Waals surface area (Å²) in [6.45, 7) is 5.04. The minimum absolute atomic E-state index is 0.0569. The quantitative estimate of drug-likeness (QED) is 0.0871. The molecule has 0 heterocycles. The average Bonchev–Trinajstić information content (AvgIpc) is 3.04. The minimum Gasteiger partial charge on any atom is -0.491 e. The summed E-state index contributed by atoms with van der Waals surface area (Å²) in [6.07, 6.45) is 25.8. The van der Waals surface area contributed by atoms with E-state index in [-0.39, 0.29) is 17.2 Å². The van der Waals surface area contributed by atoms with Gasteiger partial charge in [-0.2, -0.15) is 0 Å². The van der Waals surface area contributed by atoms with Gasteiger partial charge in [0.1, 0.15) is 5.75 Å². The molecule has 3 saturated carbocycles. The summed E-state index contributed by atoms with van der Waals surface area (Å²) >= 11 is 0. The largest absolute Gasteiger partial charge is 0.491 e. The van der Waals surface area contributed by atoms with Crippen molar-refractivity contribution in [3.63, 3.8) is 0 Å². The van der Waals surface area contributed by atoms with Crippen LogP contribution >= 0.6 is 0 Å². The molecule has 2 aromatic carbocycles. The van der Waals surface area contributed by atoms with Gasteiger partial charge in [-0.3, -0.25) is 4.79 Å². The first kappa shape index (κ1) is 33.5. The molecule has 0 saturated heterocycles. The van der Waals surface area contributed by atoms with Crippen LogP contribution in [0.5, 0.6) is 11.5 Å². The number of carbonyl (C=O) groups excluding carboxylic acids is 1. The van der Waals surface area contributed by atoms with Crippen molar-refractivity contribution in [1.29, 1.82) is 0 Å². The van der Waals surface area contributed by atoms with E-state index in [1.165, 1.54) is 109 Å². The third-order valence-electron chi connectivity index (χ3n) is 10.5. The maximum absolute atomic E-state index is 14.7. The first-order valence-electron chi connectivity index (χ1n) is 17.7. The highest BCUT2D eigenvalue weighted by atomic mass is 19.1. The molecule has 0 N–H and O–H groups in total. The van der Waals surface area contributed by atoms with E-state index in [0.29, 0.717) is 23.5 Å². The third kappa shape index (κ3) is 9.82. The Morgan fingerprint density at radius 3 is 1.79 bits per heavy atom. The van der Waals surface area contributed by atoms with E-state index >= 15 is 0 Å². The van der Waals surface area contributed by atoms with Crippen LogP contribution in [-0.2, 0) is 4.79 Å². The van der Waals surface area contributed by atoms with Crippen LogP contribution in [0.2, 0.25) is 0 Å². The third-order valence-corrected chi connectivity index (χ3v) is 10.5. The summed E-state index contributed by atoms with van der Waals surface area (Å²) in [5, 5.41) is 0. The molecular weight excluding hydrogens is 535 g/mol. The van der Waals surface area contributed by atoms with Crippen LogP contribution in [0.25, 0.3) is 11.1 Å². The van der Waals surface area contributed by atoms with Crippen LogP contribution in [-0.4, -0.2) is 12.6 Å². The van der Waals surface area contributed by atoms with E-state index in [9.17, 15) is 9.18 Å². The number of hydrogen-bond donors (Lipinski definition) is 0. The molecule has 4 heteroatoms. The molecule has 2 aromatic rings. The van der Waals surface area contributed by atoms with E-state index < -0.39 is 0 Å². The van der Waals surface area contributed by atoms with Gasteiger partial charge in [-0.25, -0.2) is 4.39 Å². The predicted octanol–water partition coefficient (Wildman–Crippen LogP) is 12.0. The standard InChI is InChI=1S/C39H57FO3/c1-3-5-7-9-11-12-13-15-23-38-24-27-39(28-25-38,29-26-38)37(41)43-34-20-17-32(18-21-34)33-19-22-36(35(40)31-33)42-30-16-14-10-8-6-4-2/h17-22,31H,3-16,23-30H2,1-2H3. The SMILES string of the molecule is CCCCCCCCCCC12CCC(C(=O)Oc3ccc(-c4ccc(OCCCCCCCC)c(F)c4)cc3)(CC1)CC2. The molecule has 0 atom stereocenters. The van der Waals surface area contributed by atoms with Crippen molar-refractivity contribution in [3.05, 3.63) is 48.3 Å². The summed E-state index contributed by atoms with van der Waals surface area (Å²) < 4.78 is 26.4. The highest BCUT2D eigenvalue weighted by Crippen LogP contribution is 2.59. The van der Waals surface area contributed by atoms with E-state index in [2.05, 4.69) is 13.8 Å². The molecule has 5 rings (SSSR count). The van der Waals surface area contributed by atoms with Gasteiger partial charge in [-0.1, -0.05) is 116 Å². The van der Waals surface area contributed by atoms with Gasteiger partial charge in [0.25, 0.3) is 0 Å². The molecule has 3 aliphatic carbocycles. The lowest BCUT2D eigenvalue weighted by molar-refractivity contribution is -0.156. The summed E-state index contributed by atoms with van der Waals surface area (Å²) in [7, 11) is 0. The van der Waals surface area contributed by atoms with Crippen LogP contribution in [0.15, 0.2) is 42.5 Å². The molecule has 0 aliphatic heterocycles. The number of esters is 1. The zero-order valence-corrected chi connectivity index (χ0v) is 27.2. The fraction of sp³-hybridized carbons (Fsp3) is 0.667. The van der Waals surface area contributed by atoms with Crippen LogP contribution in [0.3, 0.4) is 0 Å². The molecule has 0 spiro atoms. The first-order valence-corrected chi connectivity index (χ1v) is 17.7. The summed E-state index contributed by atoms with van der Waals surface area (Å²) in [5.74, 6) is 0.484. The van der Waals surface area contributed by atoms with Gasteiger partial charge in [-0.05, 0) is 92.2 Å². The molecule has 0 amide bonds. The van der Waals surface area contributed by atoms with Crippen molar-refractivity contribution in [2.45, 2.75) is 149 Å². The molecular formula is C39H57FO3. The molecule has 3 nitrogen and oxygen atoms in total. The lowest BCUT2D eigenvalue weighted by atomic mass is 9.52. The fourth-order valence-electron chi connectivity index (χ4n) is 7.37. The number of carbonyl (C=O) groups is 1. The van der Waals surface area contributed by atoms with E-state index in [4.69, 9.17) is 9.47 Å². The van der Waals surface area contributed by atoms with Crippen molar-refractivity contribution in [1.82, 2.24) is 0 Å². The molecule has 0 radical (unpaired) electrons.